The van der Waals surface area contributed by atoms with Gasteiger partial charge in [0.15, 0.2) is 11.6 Å². The molecule has 0 spiro atoms. The monoisotopic (exact) mass is 320 g/mol. The number of halogens is 1. The second-order valence-corrected chi connectivity index (χ2v) is 5.45. The number of nitrogens with zero attached hydrogens (tertiary/aromatic N) is 1. The molecule has 22 heavy (non-hydrogen) atoms. The van der Waals surface area contributed by atoms with Crippen molar-refractivity contribution >= 4 is 21.6 Å². The number of hydrogen-bond acceptors (Lipinski definition) is 5. The van der Waals surface area contributed by atoms with Crippen molar-refractivity contribution in [3.63, 3.8) is 0 Å². The maximum atomic E-state index is 14.0. The number of nitrogens with one attached hydrogen (secondary N) is 1. The molecule has 1 aromatic carbocycles. The first-order valence-electron chi connectivity index (χ1n) is 6.58. The van der Waals surface area contributed by atoms with Crippen molar-refractivity contribution in [3.05, 3.63) is 45.8 Å². The van der Waals surface area contributed by atoms with Crippen LogP contribution in [0.15, 0.2) is 34.4 Å². The molecule has 114 valence electrons. The number of methoxy groups -OCH3 is 1. The number of benzene rings is 1. The van der Waals surface area contributed by atoms with Crippen molar-refractivity contribution in [2.75, 3.05) is 20.3 Å². The molecule has 3 rings (SSSR count). The Hall–Kier alpha value is -2.25. The van der Waals surface area contributed by atoms with Gasteiger partial charge in [0.05, 0.1) is 12.1 Å². The second-order valence-electron chi connectivity index (χ2n) is 4.54. The summed E-state index contributed by atoms with van der Waals surface area (Å²) in [5.74, 6) is -0.0420. The third kappa shape index (κ3) is 2.86. The predicted molar refractivity (Wildman–Crippen MR) is 83.0 cm³/mol. The topological polar surface area (TPSA) is 64.2 Å². The minimum absolute atomic E-state index is 0.139. The molecule has 0 unspecified atom stereocenters. The minimum Gasteiger partial charge on any atom is -0.488 e. The van der Waals surface area contributed by atoms with Crippen LogP contribution in [0.5, 0.6) is 5.75 Å². The van der Waals surface area contributed by atoms with Crippen LogP contribution >= 0.6 is 11.3 Å². The van der Waals surface area contributed by atoms with Crippen molar-refractivity contribution < 1.29 is 13.9 Å². The Balaban J connectivity index is 1.93. The maximum absolute atomic E-state index is 14.0. The van der Waals surface area contributed by atoms with Gasteiger partial charge in [-0.25, -0.2) is 9.37 Å². The van der Waals surface area contributed by atoms with E-state index in [9.17, 15) is 9.18 Å². The fourth-order valence-corrected chi connectivity index (χ4v) is 2.74. The quantitative estimate of drug-likeness (QED) is 0.734. The number of thiophene rings is 1. The largest absolute Gasteiger partial charge is 0.488 e. The van der Waals surface area contributed by atoms with Crippen LogP contribution in [0.4, 0.5) is 4.39 Å². The van der Waals surface area contributed by atoms with E-state index in [1.54, 1.807) is 24.6 Å². The van der Waals surface area contributed by atoms with Crippen LogP contribution in [-0.4, -0.2) is 30.3 Å². The predicted octanol–water partition coefficient (Wildman–Crippen LogP) is 2.82. The van der Waals surface area contributed by atoms with E-state index in [2.05, 4.69) is 9.97 Å². The van der Waals surface area contributed by atoms with Gasteiger partial charge < -0.3 is 14.5 Å². The molecule has 0 radical (unpaired) electrons. The number of H-pyrrole nitrogens is 1. The zero-order valence-electron chi connectivity index (χ0n) is 11.8. The number of rotatable bonds is 5. The van der Waals surface area contributed by atoms with Gasteiger partial charge in [-0.05, 0) is 29.6 Å². The maximum Gasteiger partial charge on any atom is 0.269 e. The molecule has 0 fully saturated rings. The zero-order chi connectivity index (χ0) is 15.5. The lowest BCUT2D eigenvalue weighted by Crippen LogP contribution is -2.08. The summed E-state index contributed by atoms with van der Waals surface area (Å²) in [5, 5.41) is 1.80. The molecule has 0 amide bonds. The SMILES string of the molecule is COCCOc1ccc(-c2nc3ccsc3c(=O)[nH]2)cc1F. The third-order valence-corrected chi connectivity index (χ3v) is 3.97. The van der Waals surface area contributed by atoms with Gasteiger partial charge in [-0.2, -0.15) is 0 Å². The van der Waals surface area contributed by atoms with Crippen LogP contribution in [0.3, 0.4) is 0 Å². The van der Waals surface area contributed by atoms with Gasteiger partial charge in [0.2, 0.25) is 0 Å². The van der Waals surface area contributed by atoms with E-state index in [1.165, 1.54) is 23.5 Å². The van der Waals surface area contributed by atoms with E-state index in [0.29, 0.717) is 28.2 Å². The Kier molecular flexibility index (Phi) is 4.17. The highest BCUT2D eigenvalue weighted by Crippen LogP contribution is 2.24. The van der Waals surface area contributed by atoms with Crippen molar-refractivity contribution in [2.45, 2.75) is 0 Å². The van der Waals surface area contributed by atoms with Gasteiger partial charge in [-0.15, -0.1) is 11.3 Å². The average molecular weight is 320 g/mol. The Labute approximate surface area is 129 Å². The highest BCUT2D eigenvalue weighted by molar-refractivity contribution is 7.17. The molecule has 7 heteroatoms. The Morgan fingerprint density at radius 2 is 2.18 bits per heavy atom. The Morgan fingerprint density at radius 3 is 2.95 bits per heavy atom. The summed E-state index contributed by atoms with van der Waals surface area (Å²) in [6, 6.07) is 6.22. The standard InChI is InChI=1S/C15H13FN2O3S/c1-20-5-6-21-12-3-2-9(8-10(12)16)14-17-11-4-7-22-13(11)15(19)18-14/h2-4,7-8H,5-6H2,1H3,(H,17,18,19). The molecule has 2 aromatic heterocycles. The van der Waals surface area contributed by atoms with E-state index in [0.717, 1.165) is 0 Å². The first kappa shape index (κ1) is 14.7. The van der Waals surface area contributed by atoms with Gasteiger partial charge >= 0.3 is 0 Å². The molecule has 0 aliphatic rings. The average Bonchev–Trinajstić information content (AvgIpc) is 2.98. The number of hydrogen-bond donors (Lipinski definition) is 1. The van der Waals surface area contributed by atoms with Crippen LogP contribution in [0.2, 0.25) is 0 Å². The molecule has 5 nitrogen and oxygen atoms in total. The zero-order valence-corrected chi connectivity index (χ0v) is 12.6. The molecule has 3 aromatic rings. The fourth-order valence-electron chi connectivity index (χ4n) is 2.01. The molecule has 0 aliphatic carbocycles. The first-order valence-corrected chi connectivity index (χ1v) is 7.46. The van der Waals surface area contributed by atoms with Crippen LogP contribution in [0.1, 0.15) is 0 Å². The third-order valence-electron chi connectivity index (χ3n) is 3.07. The lowest BCUT2D eigenvalue weighted by molar-refractivity contribution is 0.144. The van der Waals surface area contributed by atoms with E-state index in [1.807, 2.05) is 0 Å². The summed E-state index contributed by atoms with van der Waals surface area (Å²) >= 11 is 1.32. The van der Waals surface area contributed by atoms with Gasteiger partial charge in [0.1, 0.15) is 17.1 Å². The van der Waals surface area contributed by atoms with E-state index < -0.39 is 5.82 Å². The van der Waals surface area contributed by atoms with Crippen LogP contribution in [0.25, 0.3) is 21.6 Å². The molecular formula is C15H13FN2O3S. The van der Waals surface area contributed by atoms with Crippen LogP contribution < -0.4 is 10.3 Å². The normalized spacial score (nSPS) is 11.0. The number of aromatic nitrogens is 2. The molecule has 2 heterocycles. The summed E-state index contributed by atoms with van der Waals surface area (Å²) in [6.07, 6.45) is 0. The highest BCUT2D eigenvalue weighted by atomic mass is 32.1. The molecule has 0 saturated carbocycles. The van der Waals surface area contributed by atoms with Gasteiger partial charge in [0, 0.05) is 12.7 Å². The fraction of sp³-hybridized carbons (Fsp3) is 0.200. The van der Waals surface area contributed by atoms with E-state index >= 15 is 0 Å². The minimum atomic E-state index is -0.512. The van der Waals surface area contributed by atoms with Crippen molar-refractivity contribution in [1.82, 2.24) is 9.97 Å². The summed E-state index contributed by atoms with van der Waals surface area (Å²) in [4.78, 5) is 19.0. The lowest BCUT2D eigenvalue weighted by atomic mass is 10.2. The Morgan fingerprint density at radius 1 is 1.32 bits per heavy atom. The lowest BCUT2D eigenvalue weighted by Gasteiger charge is -2.08. The van der Waals surface area contributed by atoms with Crippen molar-refractivity contribution in [1.29, 1.82) is 0 Å². The molecule has 0 aliphatic heterocycles. The van der Waals surface area contributed by atoms with Crippen molar-refractivity contribution in [3.8, 4) is 17.1 Å². The Bertz CT molecular complexity index is 859. The molecular weight excluding hydrogens is 307 g/mol. The molecule has 0 saturated heterocycles. The smallest absolute Gasteiger partial charge is 0.269 e. The van der Waals surface area contributed by atoms with E-state index in [-0.39, 0.29) is 17.9 Å². The van der Waals surface area contributed by atoms with Gasteiger partial charge in [0.25, 0.3) is 5.56 Å². The number of aromatic amines is 1. The molecule has 1 N–H and O–H groups in total. The van der Waals surface area contributed by atoms with Gasteiger partial charge in [-0.1, -0.05) is 0 Å². The summed E-state index contributed by atoms with van der Waals surface area (Å²) in [6.45, 7) is 0.646. The summed E-state index contributed by atoms with van der Waals surface area (Å²) in [7, 11) is 1.55. The van der Waals surface area contributed by atoms with Crippen LogP contribution in [-0.2, 0) is 4.74 Å². The summed E-state index contributed by atoms with van der Waals surface area (Å²) in [5.41, 5.74) is 0.863. The number of ether oxygens (including phenoxy) is 2. The van der Waals surface area contributed by atoms with E-state index in [4.69, 9.17) is 9.47 Å². The molecule has 0 atom stereocenters. The molecule has 0 bridgehead atoms. The van der Waals surface area contributed by atoms with Crippen molar-refractivity contribution in [2.24, 2.45) is 0 Å². The second kappa shape index (κ2) is 6.25. The first-order chi connectivity index (χ1) is 10.7. The van der Waals surface area contributed by atoms with Crippen LogP contribution in [0, 0.1) is 5.82 Å². The number of fused-ring (bicyclic) bond motifs is 1. The highest BCUT2D eigenvalue weighted by Gasteiger charge is 2.10. The summed E-state index contributed by atoms with van der Waals surface area (Å²) < 4.78 is 24.7. The van der Waals surface area contributed by atoms with Gasteiger partial charge in [-0.3, -0.25) is 4.79 Å².